The lowest BCUT2D eigenvalue weighted by molar-refractivity contribution is -0.135. The molecule has 1 saturated heterocycles. The third-order valence-corrected chi connectivity index (χ3v) is 6.13. The number of piperidine rings is 1. The molecule has 4 nitrogen and oxygen atoms in total. The molecule has 0 unspecified atom stereocenters. The van der Waals surface area contributed by atoms with Crippen LogP contribution in [-0.2, 0) is 16.0 Å². The fourth-order valence-corrected chi connectivity index (χ4v) is 4.38. The highest BCUT2D eigenvalue weighted by Gasteiger charge is 2.27. The molecular formula is C20H28N2O2S. The molecule has 2 aliphatic rings. The number of hydrogen-bond acceptors (Lipinski definition) is 3. The average molecular weight is 361 g/mol. The number of rotatable bonds is 6. The minimum Gasteiger partial charge on any atom is -0.356 e. The van der Waals surface area contributed by atoms with Crippen LogP contribution in [0.15, 0.2) is 29.2 Å². The van der Waals surface area contributed by atoms with Gasteiger partial charge in [-0.25, -0.2) is 0 Å². The SMILES string of the molecule is O=C(NCCC1=CCCCC1)C1CCN(C(=O)Cc2cccs2)CC1. The van der Waals surface area contributed by atoms with Crippen molar-refractivity contribution in [3.8, 4) is 0 Å². The van der Waals surface area contributed by atoms with Gasteiger partial charge in [0.15, 0.2) is 0 Å². The summed E-state index contributed by atoms with van der Waals surface area (Å²) in [7, 11) is 0. The summed E-state index contributed by atoms with van der Waals surface area (Å²) in [5, 5.41) is 5.10. The molecule has 5 heteroatoms. The molecule has 1 aromatic rings. The minimum atomic E-state index is 0.0612. The molecule has 1 aliphatic carbocycles. The number of likely N-dealkylation sites (tertiary alicyclic amines) is 1. The van der Waals surface area contributed by atoms with Gasteiger partial charge in [0, 0.05) is 30.4 Å². The number of nitrogens with zero attached hydrogens (tertiary/aromatic N) is 1. The largest absolute Gasteiger partial charge is 0.356 e. The van der Waals surface area contributed by atoms with E-state index >= 15 is 0 Å². The summed E-state index contributed by atoms with van der Waals surface area (Å²) in [6.07, 6.45) is 10.4. The van der Waals surface area contributed by atoms with Crippen LogP contribution in [-0.4, -0.2) is 36.3 Å². The lowest BCUT2D eigenvalue weighted by Gasteiger charge is -2.31. The molecule has 0 saturated carbocycles. The van der Waals surface area contributed by atoms with Crippen molar-refractivity contribution < 1.29 is 9.59 Å². The molecule has 0 atom stereocenters. The zero-order chi connectivity index (χ0) is 17.5. The molecule has 0 bridgehead atoms. The molecule has 2 heterocycles. The molecule has 1 aromatic heterocycles. The first-order chi connectivity index (χ1) is 12.2. The summed E-state index contributed by atoms with van der Waals surface area (Å²) >= 11 is 1.63. The predicted molar refractivity (Wildman–Crippen MR) is 102 cm³/mol. The highest BCUT2D eigenvalue weighted by molar-refractivity contribution is 7.10. The van der Waals surface area contributed by atoms with Crippen LogP contribution in [0.5, 0.6) is 0 Å². The van der Waals surface area contributed by atoms with Gasteiger partial charge in [-0.15, -0.1) is 11.3 Å². The van der Waals surface area contributed by atoms with E-state index in [9.17, 15) is 9.59 Å². The summed E-state index contributed by atoms with van der Waals surface area (Å²) < 4.78 is 0. The molecular weight excluding hydrogens is 332 g/mol. The van der Waals surface area contributed by atoms with Crippen molar-refractivity contribution >= 4 is 23.2 Å². The lowest BCUT2D eigenvalue weighted by Crippen LogP contribution is -2.43. The fraction of sp³-hybridized carbons (Fsp3) is 0.600. The number of thiophene rings is 1. The Morgan fingerprint density at radius 3 is 2.76 bits per heavy atom. The molecule has 1 fully saturated rings. The molecule has 25 heavy (non-hydrogen) atoms. The van der Waals surface area contributed by atoms with Gasteiger partial charge in [0.25, 0.3) is 0 Å². The van der Waals surface area contributed by atoms with Gasteiger partial charge in [-0.1, -0.05) is 17.7 Å². The standard InChI is InChI=1S/C20H28N2O2S/c23-19(15-18-7-4-14-25-18)22-12-9-17(10-13-22)20(24)21-11-8-16-5-2-1-3-6-16/h4-5,7,14,17H,1-3,6,8-13,15H2,(H,21,24). The van der Waals surface area contributed by atoms with E-state index in [1.54, 1.807) is 11.3 Å². The van der Waals surface area contributed by atoms with Crippen LogP contribution in [0.2, 0.25) is 0 Å². The fourth-order valence-electron chi connectivity index (χ4n) is 3.69. The molecule has 0 radical (unpaired) electrons. The van der Waals surface area contributed by atoms with E-state index in [4.69, 9.17) is 0 Å². The Balaban J connectivity index is 1.35. The summed E-state index contributed by atoms with van der Waals surface area (Å²) in [5.74, 6) is 0.415. The van der Waals surface area contributed by atoms with Crippen molar-refractivity contribution in [1.82, 2.24) is 10.2 Å². The molecule has 1 aliphatic heterocycles. The van der Waals surface area contributed by atoms with E-state index in [0.29, 0.717) is 19.5 Å². The van der Waals surface area contributed by atoms with Crippen LogP contribution in [0.4, 0.5) is 0 Å². The molecule has 1 N–H and O–H groups in total. The van der Waals surface area contributed by atoms with Crippen LogP contribution >= 0.6 is 11.3 Å². The second kappa shape index (κ2) is 9.18. The van der Waals surface area contributed by atoms with Gasteiger partial charge in [-0.3, -0.25) is 9.59 Å². The second-order valence-electron chi connectivity index (χ2n) is 7.06. The molecule has 0 aromatic carbocycles. The third kappa shape index (κ3) is 5.43. The first-order valence-corrected chi connectivity index (χ1v) is 10.4. The van der Waals surface area contributed by atoms with Crippen LogP contribution in [0.3, 0.4) is 0 Å². The van der Waals surface area contributed by atoms with Gasteiger partial charge in [0.1, 0.15) is 0 Å². The number of allylic oxidation sites excluding steroid dienone is 1. The maximum Gasteiger partial charge on any atom is 0.227 e. The monoisotopic (exact) mass is 360 g/mol. The smallest absolute Gasteiger partial charge is 0.227 e. The van der Waals surface area contributed by atoms with Gasteiger partial charge in [-0.05, 0) is 56.4 Å². The van der Waals surface area contributed by atoms with Crippen molar-refractivity contribution in [3.05, 3.63) is 34.0 Å². The minimum absolute atomic E-state index is 0.0612. The van der Waals surface area contributed by atoms with E-state index in [2.05, 4.69) is 11.4 Å². The van der Waals surface area contributed by atoms with Crippen LogP contribution < -0.4 is 5.32 Å². The van der Waals surface area contributed by atoms with Crippen molar-refractivity contribution in [2.45, 2.75) is 51.4 Å². The Hall–Kier alpha value is -1.62. The first-order valence-electron chi connectivity index (χ1n) is 9.48. The van der Waals surface area contributed by atoms with Gasteiger partial charge < -0.3 is 10.2 Å². The number of amides is 2. The van der Waals surface area contributed by atoms with Crippen LogP contribution in [0.25, 0.3) is 0 Å². The van der Waals surface area contributed by atoms with Crippen LogP contribution in [0, 0.1) is 5.92 Å². The van der Waals surface area contributed by atoms with Gasteiger partial charge >= 0.3 is 0 Å². The van der Waals surface area contributed by atoms with Gasteiger partial charge in [-0.2, -0.15) is 0 Å². The van der Waals surface area contributed by atoms with E-state index in [-0.39, 0.29) is 17.7 Å². The van der Waals surface area contributed by atoms with Gasteiger partial charge in [0.05, 0.1) is 6.42 Å². The highest BCUT2D eigenvalue weighted by Crippen LogP contribution is 2.21. The lowest BCUT2D eigenvalue weighted by atomic mass is 9.95. The second-order valence-corrected chi connectivity index (χ2v) is 8.09. The van der Waals surface area contributed by atoms with Gasteiger partial charge in [0.2, 0.25) is 11.8 Å². The Morgan fingerprint density at radius 1 is 1.24 bits per heavy atom. The van der Waals surface area contributed by atoms with E-state index in [1.165, 1.54) is 31.3 Å². The maximum absolute atomic E-state index is 12.3. The number of nitrogens with one attached hydrogen (secondary N) is 1. The summed E-state index contributed by atoms with van der Waals surface area (Å²) in [5.41, 5.74) is 1.50. The normalized spacial score (nSPS) is 18.7. The Bertz CT molecular complexity index is 601. The van der Waals surface area contributed by atoms with E-state index in [0.717, 1.165) is 30.7 Å². The van der Waals surface area contributed by atoms with Crippen molar-refractivity contribution in [1.29, 1.82) is 0 Å². The Kier molecular flexibility index (Phi) is 6.68. The van der Waals surface area contributed by atoms with Crippen LogP contribution in [0.1, 0.15) is 49.8 Å². The number of hydrogen-bond donors (Lipinski definition) is 1. The summed E-state index contributed by atoms with van der Waals surface area (Å²) in [6, 6.07) is 3.98. The van der Waals surface area contributed by atoms with Crippen molar-refractivity contribution in [3.63, 3.8) is 0 Å². The van der Waals surface area contributed by atoms with Crippen molar-refractivity contribution in [2.24, 2.45) is 5.92 Å². The highest BCUT2D eigenvalue weighted by atomic mass is 32.1. The average Bonchev–Trinajstić information content (AvgIpc) is 3.15. The third-order valence-electron chi connectivity index (χ3n) is 5.25. The first kappa shape index (κ1) is 18.2. The number of carbonyl (C=O) groups excluding carboxylic acids is 2. The molecule has 3 rings (SSSR count). The molecule has 136 valence electrons. The Morgan fingerprint density at radius 2 is 2.08 bits per heavy atom. The van der Waals surface area contributed by atoms with E-state index in [1.807, 2.05) is 22.4 Å². The zero-order valence-electron chi connectivity index (χ0n) is 14.8. The Labute approximate surface area is 154 Å². The summed E-state index contributed by atoms with van der Waals surface area (Å²) in [6.45, 7) is 2.16. The van der Waals surface area contributed by atoms with E-state index < -0.39 is 0 Å². The maximum atomic E-state index is 12.3. The quantitative estimate of drug-likeness (QED) is 0.789. The number of carbonyl (C=O) groups is 2. The molecule has 0 spiro atoms. The molecule has 2 amide bonds. The zero-order valence-corrected chi connectivity index (χ0v) is 15.7. The predicted octanol–water partition coefficient (Wildman–Crippen LogP) is 3.54. The summed E-state index contributed by atoms with van der Waals surface area (Å²) in [4.78, 5) is 27.7. The topological polar surface area (TPSA) is 49.4 Å². The van der Waals surface area contributed by atoms with Crippen molar-refractivity contribution in [2.75, 3.05) is 19.6 Å².